The number of hydrogen-bond donors (Lipinski definition) is 1. The summed E-state index contributed by atoms with van der Waals surface area (Å²) >= 11 is 0. The lowest BCUT2D eigenvalue weighted by Gasteiger charge is -2.09. The molecular formula is C11H16N2. The molecule has 2 nitrogen and oxygen atoms in total. The average Bonchev–Trinajstić information content (AvgIpc) is 2.19. The molecule has 0 amide bonds. The Morgan fingerprint density at radius 2 is 2.46 bits per heavy atom. The maximum absolute atomic E-state index is 5.96. The van der Waals surface area contributed by atoms with Crippen LogP contribution in [0, 0.1) is 0 Å². The zero-order valence-electron chi connectivity index (χ0n) is 7.82. The smallest absolute Gasteiger partial charge is 0.0315 e. The van der Waals surface area contributed by atoms with E-state index in [0.29, 0.717) is 0 Å². The van der Waals surface area contributed by atoms with Crippen LogP contribution in [0.4, 0.5) is 0 Å². The van der Waals surface area contributed by atoms with E-state index >= 15 is 0 Å². The molecule has 2 N–H and O–H groups in total. The molecule has 13 heavy (non-hydrogen) atoms. The van der Waals surface area contributed by atoms with E-state index in [4.69, 9.17) is 5.73 Å². The molecule has 1 unspecified atom stereocenters. The number of unbranched alkanes of at least 4 members (excludes halogenated alkanes) is 1. The van der Waals surface area contributed by atoms with E-state index in [2.05, 4.69) is 11.6 Å². The Morgan fingerprint density at radius 1 is 1.62 bits per heavy atom. The third-order valence-electron chi connectivity index (χ3n) is 2.04. The van der Waals surface area contributed by atoms with Crippen molar-refractivity contribution >= 4 is 0 Å². The minimum absolute atomic E-state index is 0.119. The number of hydrogen-bond acceptors (Lipinski definition) is 2. The van der Waals surface area contributed by atoms with Crippen molar-refractivity contribution < 1.29 is 0 Å². The van der Waals surface area contributed by atoms with Crippen LogP contribution in [0.25, 0.3) is 0 Å². The standard InChI is InChI=1S/C11H16N2/c1-2-3-4-7-11(12)10-6-5-8-13-9-10/h2,5-6,8-9,11H,1,3-4,7,12H2. The molecule has 0 aromatic carbocycles. The summed E-state index contributed by atoms with van der Waals surface area (Å²) in [7, 11) is 0. The molecule has 2 heteroatoms. The molecule has 0 aliphatic rings. The van der Waals surface area contributed by atoms with Crippen molar-refractivity contribution in [1.29, 1.82) is 0 Å². The highest BCUT2D eigenvalue weighted by atomic mass is 14.7. The summed E-state index contributed by atoms with van der Waals surface area (Å²) in [5.41, 5.74) is 7.08. The van der Waals surface area contributed by atoms with Crippen LogP contribution in [0.3, 0.4) is 0 Å². The van der Waals surface area contributed by atoms with Crippen LogP contribution in [0.15, 0.2) is 37.2 Å². The molecule has 0 aliphatic carbocycles. The lowest BCUT2D eigenvalue weighted by Crippen LogP contribution is -2.09. The van der Waals surface area contributed by atoms with Crippen molar-refractivity contribution in [1.82, 2.24) is 4.98 Å². The molecule has 1 aromatic rings. The summed E-state index contributed by atoms with van der Waals surface area (Å²) in [5, 5.41) is 0. The molecule has 1 atom stereocenters. The summed E-state index contributed by atoms with van der Waals surface area (Å²) < 4.78 is 0. The van der Waals surface area contributed by atoms with E-state index in [0.717, 1.165) is 24.8 Å². The maximum Gasteiger partial charge on any atom is 0.0315 e. The van der Waals surface area contributed by atoms with E-state index < -0.39 is 0 Å². The van der Waals surface area contributed by atoms with Gasteiger partial charge in [-0.3, -0.25) is 4.98 Å². The summed E-state index contributed by atoms with van der Waals surface area (Å²) in [4.78, 5) is 4.03. The largest absolute Gasteiger partial charge is 0.324 e. The van der Waals surface area contributed by atoms with Gasteiger partial charge in [-0.15, -0.1) is 6.58 Å². The van der Waals surface area contributed by atoms with Gasteiger partial charge in [0.2, 0.25) is 0 Å². The third kappa shape index (κ3) is 3.38. The predicted molar refractivity (Wildman–Crippen MR) is 55.2 cm³/mol. The molecule has 0 saturated heterocycles. The van der Waals surface area contributed by atoms with Gasteiger partial charge in [0.15, 0.2) is 0 Å². The van der Waals surface area contributed by atoms with Crippen LogP contribution in [-0.4, -0.2) is 4.98 Å². The molecule has 0 spiro atoms. The second-order valence-electron chi connectivity index (χ2n) is 3.11. The predicted octanol–water partition coefficient (Wildman–Crippen LogP) is 2.44. The fourth-order valence-corrected chi connectivity index (χ4v) is 1.24. The van der Waals surface area contributed by atoms with Gasteiger partial charge in [0.1, 0.15) is 0 Å². The Hall–Kier alpha value is -1.15. The Labute approximate surface area is 79.5 Å². The molecular weight excluding hydrogens is 160 g/mol. The summed E-state index contributed by atoms with van der Waals surface area (Å²) in [6, 6.07) is 4.06. The van der Waals surface area contributed by atoms with Crippen molar-refractivity contribution in [3.63, 3.8) is 0 Å². The molecule has 0 bridgehead atoms. The Balaban J connectivity index is 2.39. The van der Waals surface area contributed by atoms with Crippen molar-refractivity contribution in [2.24, 2.45) is 5.73 Å². The number of pyridine rings is 1. The van der Waals surface area contributed by atoms with Crippen molar-refractivity contribution in [3.8, 4) is 0 Å². The summed E-state index contributed by atoms with van der Waals surface area (Å²) in [6.07, 6.45) is 8.65. The Morgan fingerprint density at radius 3 is 3.08 bits per heavy atom. The van der Waals surface area contributed by atoms with Crippen LogP contribution < -0.4 is 5.73 Å². The molecule has 1 rings (SSSR count). The van der Waals surface area contributed by atoms with Gasteiger partial charge >= 0.3 is 0 Å². The zero-order valence-corrected chi connectivity index (χ0v) is 7.82. The molecule has 0 fully saturated rings. The minimum atomic E-state index is 0.119. The Bertz CT molecular complexity index is 244. The highest BCUT2D eigenvalue weighted by Gasteiger charge is 2.03. The van der Waals surface area contributed by atoms with Crippen LogP contribution >= 0.6 is 0 Å². The highest BCUT2D eigenvalue weighted by Crippen LogP contribution is 2.14. The fourth-order valence-electron chi connectivity index (χ4n) is 1.24. The van der Waals surface area contributed by atoms with E-state index in [1.807, 2.05) is 24.4 Å². The second kappa shape index (κ2) is 5.49. The molecule has 0 saturated carbocycles. The van der Waals surface area contributed by atoms with Crippen molar-refractivity contribution in [2.45, 2.75) is 25.3 Å². The first-order valence-corrected chi connectivity index (χ1v) is 4.61. The van der Waals surface area contributed by atoms with Gasteiger partial charge in [0, 0.05) is 18.4 Å². The van der Waals surface area contributed by atoms with Crippen LogP contribution in [0.1, 0.15) is 30.9 Å². The first-order valence-electron chi connectivity index (χ1n) is 4.61. The van der Waals surface area contributed by atoms with Crippen LogP contribution in [-0.2, 0) is 0 Å². The van der Waals surface area contributed by atoms with Gasteiger partial charge in [-0.1, -0.05) is 12.1 Å². The van der Waals surface area contributed by atoms with Gasteiger partial charge < -0.3 is 5.73 Å². The quantitative estimate of drug-likeness (QED) is 0.553. The zero-order chi connectivity index (χ0) is 9.52. The number of aromatic nitrogens is 1. The monoisotopic (exact) mass is 176 g/mol. The average molecular weight is 176 g/mol. The molecule has 0 radical (unpaired) electrons. The third-order valence-corrected chi connectivity index (χ3v) is 2.04. The first-order chi connectivity index (χ1) is 6.34. The fraction of sp³-hybridized carbons (Fsp3) is 0.364. The van der Waals surface area contributed by atoms with Gasteiger partial charge in [-0.2, -0.15) is 0 Å². The van der Waals surface area contributed by atoms with E-state index in [1.165, 1.54) is 0 Å². The lowest BCUT2D eigenvalue weighted by molar-refractivity contribution is 0.615. The number of nitrogens with two attached hydrogens (primary N) is 1. The number of allylic oxidation sites excluding steroid dienone is 1. The summed E-state index contributed by atoms with van der Waals surface area (Å²) in [6.45, 7) is 3.68. The van der Waals surface area contributed by atoms with Crippen molar-refractivity contribution in [2.75, 3.05) is 0 Å². The van der Waals surface area contributed by atoms with Gasteiger partial charge in [0.25, 0.3) is 0 Å². The van der Waals surface area contributed by atoms with Crippen molar-refractivity contribution in [3.05, 3.63) is 42.7 Å². The Kier molecular flexibility index (Phi) is 4.19. The molecule has 1 aromatic heterocycles. The maximum atomic E-state index is 5.96. The summed E-state index contributed by atoms with van der Waals surface area (Å²) in [5.74, 6) is 0. The minimum Gasteiger partial charge on any atom is -0.324 e. The van der Waals surface area contributed by atoms with Crippen LogP contribution in [0.5, 0.6) is 0 Å². The second-order valence-corrected chi connectivity index (χ2v) is 3.11. The van der Waals surface area contributed by atoms with E-state index in [1.54, 1.807) is 6.20 Å². The normalized spacial score (nSPS) is 12.4. The van der Waals surface area contributed by atoms with Crippen LogP contribution in [0.2, 0.25) is 0 Å². The first kappa shape index (κ1) is 9.93. The molecule has 70 valence electrons. The molecule has 0 aliphatic heterocycles. The van der Waals surface area contributed by atoms with Gasteiger partial charge in [-0.05, 0) is 30.9 Å². The number of nitrogens with zero attached hydrogens (tertiary/aromatic N) is 1. The van der Waals surface area contributed by atoms with Gasteiger partial charge in [0.05, 0.1) is 0 Å². The molecule has 1 heterocycles. The number of rotatable bonds is 5. The highest BCUT2D eigenvalue weighted by molar-refractivity contribution is 5.12. The van der Waals surface area contributed by atoms with E-state index in [9.17, 15) is 0 Å². The SMILES string of the molecule is C=CCCCC(N)c1cccnc1. The van der Waals surface area contributed by atoms with E-state index in [-0.39, 0.29) is 6.04 Å². The van der Waals surface area contributed by atoms with Gasteiger partial charge in [-0.25, -0.2) is 0 Å². The topological polar surface area (TPSA) is 38.9 Å². The lowest BCUT2D eigenvalue weighted by atomic mass is 10.0.